The van der Waals surface area contributed by atoms with Crippen molar-refractivity contribution in [2.24, 2.45) is 0 Å². The second-order valence-corrected chi connectivity index (χ2v) is 4.99. The van der Waals surface area contributed by atoms with Crippen molar-refractivity contribution in [3.8, 4) is 5.88 Å². The van der Waals surface area contributed by atoms with E-state index in [0.29, 0.717) is 11.1 Å². The first-order valence-corrected chi connectivity index (χ1v) is 6.96. The highest BCUT2D eigenvalue weighted by molar-refractivity contribution is 9.10. The molecule has 1 rings (SSSR count). The zero-order chi connectivity index (χ0) is 13.4. The lowest BCUT2D eigenvalue weighted by Gasteiger charge is -2.08. The van der Waals surface area contributed by atoms with Crippen molar-refractivity contribution in [3.05, 3.63) is 22.3 Å². The van der Waals surface area contributed by atoms with Gasteiger partial charge in [0.1, 0.15) is 5.56 Å². The Labute approximate surface area is 116 Å². The Kier molecular flexibility index (Phi) is 6.72. The van der Waals surface area contributed by atoms with Gasteiger partial charge >= 0.3 is 5.97 Å². The quantitative estimate of drug-likeness (QED) is 0.739. The van der Waals surface area contributed by atoms with Crippen LogP contribution in [0, 0.1) is 0 Å². The fourth-order valence-corrected chi connectivity index (χ4v) is 1.90. The van der Waals surface area contributed by atoms with Crippen LogP contribution in [-0.2, 0) is 0 Å². The molecule has 0 bridgehead atoms. The van der Waals surface area contributed by atoms with E-state index < -0.39 is 5.97 Å². The normalized spacial score (nSPS) is 10.3. The first kappa shape index (κ1) is 15.0. The average molecular weight is 316 g/mol. The van der Waals surface area contributed by atoms with Crippen LogP contribution in [0.15, 0.2) is 16.7 Å². The number of rotatable bonds is 8. The minimum atomic E-state index is -1.02. The first-order valence-electron chi connectivity index (χ1n) is 6.16. The molecule has 0 saturated carbocycles. The summed E-state index contributed by atoms with van der Waals surface area (Å²) in [5.74, 6) is -0.828. The van der Waals surface area contributed by atoms with Crippen LogP contribution in [0.4, 0.5) is 0 Å². The highest BCUT2D eigenvalue weighted by Gasteiger charge is 2.13. The molecule has 1 N–H and O–H groups in total. The Balaban J connectivity index is 2.44. The van der Waals surface area contributed by atoms with Gasteiger partial charge in [-0.3, -0.25) is 0 Å². The molecule has 1 aromatic heterocycles. The van der Waals surface area contributed by atoms with Crippen molar-refractivity contribution in [1.29, 1.82) is 0 Å². The van der Waals surface area contributed by atoms with E-state index in [4.69, 9.17) is 9.84 Å². The molecule has 18 heavy (non-hydrogen) atoms. The fourth-order valence-electron chi connectivity index (χ4n) is 1.57. The predicted molar refractivity (Wildman–Crippen MR) is 73.2 cm³/mol. The maximum absolute atomic E-state index is 11.0. The van der Waals surface area contributed by atoms with Gasteiger partial charge in [0.15, 0.2) is 0 Å². The van der Waals surface area contributed by atoms with Gasteiger partial charge in [-0.1, -0.05) is 32.6 Å². The van der Waals surface area contributed by atoms with Crippen molar-refractivity contribution < 1.29 is 14.6 Å². The largest absolute Gasteiger partial charge is 0.477 e. The topological polar surface area (TPSA) is 59.4 Å². The summed E-state index contributed by atoms with van der Waals surface area (Å²) in [6.07, 6.45) is 7.21. The summed E-state index contributed by atoms with van der Waals surface area (Å²) in [4.78, 5) is 15.0. The first-order chi connectivity index (χ1) is 8.65. The van der Waals surface area contributed by atoms with Crippen molar-refractivity contribution >= 4 is 21.9 Å². The lowest BCUT2D eigenvalue weighted by Crippen LogP contribution is -2.06. The number of ether oxygens (including phenoxy) is 1. The number of aromatic carboxylic acids is 1. The summed E-state index contributed by atoms with van der Waals surface area (Å²) in [5, 5.41) is 9.02. The molecule has 5 heteroatoms. The van der Waals surface area contributed by atoms with Crippen LogP contribution >= 0.6 is 15.9 Å². The van der Waals surface area contributed by atoms with Crippen molar-refractivity contribution in [2.45, 2.75) is 39.0 Å². The third-order valence-electron chi connectivity index (χ3n) is 2.53. The van der Waals surface area contributed by atoms with E-state index in [0.717, 1.165) is 12.8 Å². The third kappa shape index (κ3) is 5.04. The zero-order valence-electron chi connectivity index (χ0n) is 10.5. The van der Waals surface area contributed by atoms with E-state index in [9.17, 15) is 4.79 Å². The molecule has 0 spiro atoms. The van der Waals surface area contributed by atoms with Gasteiger partial charge in [-0.05, 0) is 28.4 Å². The molecule has 4 nitrogen and oxygen atoms in total. The number of aromatic nitrogens is 1. The molecular formula is C13H18BrNO3. The second-order valence-electron chi connectivity index (χ2n) is 4.07. The Hall–Kier alpha value is -1.10. The molecule has 0 aliphatic rings. The standard InChI is InChI=1S/C13H18BrNO3/c1-2-3-4-5-6-7-18-12-11(13(16)17)8-10(14)9-15-12/h8-9H,2-7H2,1H3,(H,16,17). The van der Waals surface area contributed by atoms with Gasteiger partial charge in [0.2, 0.25) is 5.88 Å². The predicted octanol–water partition coefficient (Wildman–Crippen LogP) is 3.89. The highest BCUT2D eigenvalue weighted by atomic mass is 79.9. The van der Waals surface area contributed by atoms with E-state index in [1.54, 1.807) is 6.20 Å². The van der Waals surface area contributed by atoms with Crippen LogP contribution < -0.4 is 4.74 Å². The Morgan fingerprint density at radius 1 is 1.39 bits per heavy atom. The van der Waals surface area contributed by atoms with Crippen LogP contribution in [0.5, 0.6) is 5.88 Å². The number of halogens is 1. The molecule has 0 aromatic carbocycles. The number of unbranched alkanes of at least 4 members (excludes halogenated alkanes) is 4. The average Bonchev–Trinajstić information content (AvgIpc) is 2.35. The van der Waals surface area contributed by atoms with Crippen molar-refractivity contribution in [2.75, 3.05) is 6.61 Å². The minimum Gasteiger partial charge on any atom is -0.477 e. The summed E-state index contributed by atoms with van der Waals surface area (Å²) in [6, 6.07) is 1.50. The maximum atomic E-state index is 11.0. The SMILES string of the molecule is CCCCCCCOc1ncc(Br)cc1C(=O)O. The number of pyridine rings is 1. The van der Waals surface area contributed by atoms with E-state index in [2.05, 4.69) is 27.8 Å². The molecule has 100 valence electrons. The van der Waals surface area contributed by atoms with Crippen LogP contribution in [0.25, 0.3) is 0 Å². The molecule has 0 aliphatic carbocycles. The summed E-state index contributed by atoms with van der Waals surface area (Å²) >= 11 is 3.19. The van der Waals surface area contributed by atoms with Gasteiger partial charge in [-0.25, -0.2) is 9.78 Å². The monoisotopic (exact) mass is 315 g/mol. The summed E-state index contributed by atoms with van der Waals surface area (Å²) in [5.41, 5.74) is 0.0953. The molecule has 0 saturated heterocycles. The molecule has 0 atom stereocenters. The van der Waals surface area contributed by atoms with E-state index in [1.807, 2.05) is 0 Å². The second kappa shape index (κ2) is 8.08. The summed E-state index contributed by atoms with van der Waals surface area (Å²) in [7, 11) is 0. The lowest BCUT2D eigenvalue weighted by atomic mass is 10.2. The molecule has 0 amide bonds. The Morgan fingerprint density at radius 3 is 2.78 bits per heavy atom. The number of carboxylic acid groups (broad SMARTS) is 1. The van der Waals surface area contributed by atoms with Crippen LogP contribution in [0.2, 0.25) is 0 Å². The Bertz CT molecular complexity index is 396. The van der Waals surface area contributed by atoms with Crippen LogP contribution in [0.3, 0.4) is 0 Å². The van der Waals surface area contributed by atoms with Gasteiger partial charge in [-0.15, -0.1) is 0 Å². The van der Waals surface area contributed by atoms with E-state index >= 15 is 0 Å². The molecule has 0 radical (unpaired) electrons. The van der Waals surface area contributed by atoms with Gasteiger partial charge in [0, 0.05) is 10.7 Å². The van der Waals surface area contributed by atoms with Gasteiger partial charge in [-0.2, -0.15) is 0 Å². The number of carbonyl (C=O) groups is 1. The summed E-state index contributed by atoms with van der Waals surface area (Å²) in [6.45, 7) is 2.68. The molecule has 0 aliphatic heterocycles. The van der Waals surface area contributed by atoms with Gasteiger partial charge in [0.05, 0.1) is 6.61 Å². The fraction of sp³-hybridized carbons (Fsp3) is 0.538. The van der Waals surface area contributed by atoms with E-state index in [-0.39, 0.29) is 11.4 Å². The number of hydrogen-bond acceptors (Lipinski definition) is 3. The Morgan fingerprint density at radius 2 is 2.11 bits per heavy atom. The maximum Gasteiger partial charge on any atom is 0.341 e. The van der Waals surface area contributed by atoms with Crippen molar-refractivity contribution in [1.82, 2.24) is 4.98 Å². The lowest BCUT2D eigenvalue weighted by molar-refractivity contribution is 0.0691. The van der Waals surface area contributed by atoms with Crippen LogP contribution in [0.1, 0.15) is 49.4 Å². The van der Waals surface area contributed by atoms with Crippen molar-refractivity contribution in [3.63, 3.8) is 0 Å². The molecule has 0 fully saturated rings. The van der Waals surface area contributed by atoms with E-state index in [1.165, 1.54) is 25.3 Å². The molecule has 1 aromatic rings. The molecule has 1 heterocycles. The third-order valence-corrected chi connectivity index (χ3v) is 2.97. The number of carboxylic acids is 1. The number of nitrogens with zero attached hydrogens (tertiary/aromatic N) is 1. The molecular weight excluding hydrogens is 298 g/mol. The summed E-state index contributed by atoms with van der Waals surface area (Å²) < 4.78 is 6.06. The van der Waals surface area contributed by atoms with Gasteiger partial charge < -0.3 is 9.84 Å². The molecule has 0 unspecified atom stereocenters. The van der Waals surface area contributed by atoms with Gasteiger partial charge in [0.25, 0.3) is 0 Å². The number of hydrogen-bond donors (Lipinski definition) is 1. The minimum absolute atomic E-state index is 0.0953. The van der Waals surface area contributed by atoms with Crippen LogP contribution in [-0.4, -0.2) is 22.7 Å². The highest BCUT2D eigenvalue weighted by Crippen LogP contribution is 2.20. The zero-order valence-corrected chi connectivity index (χ0v) is 12.1. The smallest absolute Gasteiger partial charge is 0.341 e.